The van der Waals surface area contributed by atoms with Crippen molar-refractivity contribution in [2.45, 2.75) is 0 Å². The molecule has 0 amide bonds. The highest BCUT2D eigenvalue weighted by Crippen LogP contribution is 2.25. The molecule has 0 unspecified atom stereocenters. The van der Waals surface area contributed by atoms with Gasteiger partial charge in [0.1, 0.15) is 5.58 Å². The summed E-state index contributed by atoms with van der Waals surface area (Å²) >= 11 is 0. The van der Waals surface area contributed by atoms with Crippen molar-refractivity contribution < 1.29 is 14.3 Å². The molecule has 0 aliphatic heterocycles. The minimum Gasteiger partial charge on any atom is -0.475 e. The van der Waals surface area contributed by atoms with Crippen molar-refractivity contribution in [1.29, 1.82) is 0 Å². The molecule has 0 radical (unpaired) electrons. The van der Waals surface area contributed by atoms with E-state index in [1.807, 2.05) is 12.1 Å². The van der Waals surface area contributed by atoms with Crippen LogP contribution in [0.4, 0.5) is 0 Å². The molecule has 3 aromatic rings. The standard InChI is InChI=1S/C13H8N2O3/c16-13(17)12-6-9-5-8(1-2-11(9)18-12)10-7-14-3-4-15-10/h1-7H,(H,16,17). The number of fused-ring (bicyclic) bond motifs is 1. The summed E-state index contributed by atoms with van der Waals surface area (Å²) < 4.78 is 5.18. The van der Waals surface area contributed by atoms with Crippen LogP contribution in [0.5, 0.6) is 0 Å². The van der Waals surface area contributed by atoms with Gasteiger partial charge in [0.2, 0.25) is 5.76 Å². The fraction of sp³-hybridized carbons (Fsp3) is 0. The number of hydrogen-bond donors (Lipinski definition) is 1. The molecule has 0 spiro atoms. The minimum atomic E-state index is -1.08. The first kappa shape index (κ1) is 10.5. The zero-order valence-electron chi connectivity index (χ0n) is 9.20. The average molecular weight is 240 g/mol. The molecule has 0 saturated carbocycles. The molecule has 18 heavy (non-hydrogen) atoms. The predicted octanol–water partition coefficient (Wildman–Crippen LogP) is 2.59. The zero-order valence-corrected chi connectivity index (χ0v) is 9.20. The van der Waals surface area contributed by atoms with Crippen LogP contribution in [0, 0.1) is 0 Å². The fourth-order valence-corrected chi connectivity index (χ4v) is 1.76. The molecule has 0 bridgehead atoms. The second kappa shape index (κ2) is 3.96. The van der Waals surface area contributed by atoms with Gasteiger partial charge in [0.15, 0.2) is 0 Å². The number of aromatic nitrogens is 2. The van der Waals surface area contributed by atoms with E-state index in [1.165, 1.54) is 6.07 Å². The van der Waals surface area contributed by atoms with Gasteiger partial charge in [-0.1, -0.05) is 0 Å². The highest BCUT2D eigenvalue weighted by molar-refractivity contribution is 5.92. The van der Waals surface area contributed by atoms with E-state index in [9.17, 15) is 4.79 Å². The smallest absolute Gasteiger partial charge is 0.371 e. The molecule has 0 atom stereocenters. The number of hydrogen-bond acceptors (Lipinski definition) is 4. The van der Waals surface area contributed by atoms with Crippen LogP contribution in [0.1, 0.15) is 10.6 Å². The lowest BCUT2D eigenvalue weighted by molar-refractivity contribution is 0.0665. The molecule has 0 fully saturated rings. The fourth-order valence-electron chi connectivity index (χ4n) is 1.76. The van der Waals surface area contributed by atoms with Crippen molar-refractivity contribution in [2.75, 3.05) is 0 Å². The Morgan fingerprint density at radius 2 is 2.11 bits per heavy atom. The maximum atomic E-state index is 10.8. The molecule has 0 aliphatic carbocycles. The van der Waals surface area contributed by atoms with E-state index < -0.39 is 5.97 Å². The Bertz CT molecular complexity index is 719. The normalized spacial score (nSPS) is 10.7. The van der Waals surface area contributed by atoms with Crippen LogP contribution < -0.4 is 0 Å². The van der Waals surface area contributed by atoms with Crippen molar-refractivity contribution in [3.63, 3.8) is 0 Å². The van der Waals surface area contributed by atoms with E-state index in [4.69, 9.17) is 9.52 Å². The number of carboxylic acids is 1. The van der Waals surface area contributed by atoms with Crippen LogP contribution in [-0.2, 0) is 0 Å². The molecule has 1 aromatic carbocycles. The second-order valence-corrected chi connectivity index (χ2v) is 3.76. The van der Waals surface area contributed by atoms with E-state index in [-0.39, 0.29) is 5.76 Å². The van der Waals surface area contributed by atoms with Gasteiger partial charge in [0, 0.05) is 23.3 Å². The van der Waals surface area contributed by atoms with Gasteiger partial charge in [-0.3, -0.25) is 9.97 Å². The Morgan fingerprint density at radius 1 is 1.22 bits per heavy atom. The third-order valence-electron chi connectivity index (χ3n) is 2.59. The summed E-state index contributed by atoms with van der Waals surface area (Å²) in [5.74, 6) is -1.14. The van der Waals surface area contributed by atoms with Crippen molar-refractivity contribution in [3.8, 4) is 11.3 Å². The van der Waals surface area contributed by atoms with Gasteiger partial charge < -0.3 is 9.52 Å². The summed E-state index contributed by atoms with van der Waals surface area (Å²) in [5, 5.41) is 9.59. The lowest BCUT2D eigenvalue weighted by Gasteiger charge is -1.98. The van der Waals surface area contributed by atoms with Crippen LogP contribution in [0.2, 0.25) is 0 Å². The Hall–Kier alpha value is -2.69. The first-order chi connectivity index (χ1) is 8.74. The number of carboxylic acid groups (broad SMARTS) is 1. The van der Waals surface area contributed by atoms with Gasteiger partial charge in [-0.05, 0) is 24.3 Å². The lowest BCUT2D eigenvalue weighted by Crippen LogP contribution is -1.91. The number of benzene rings is 1. The third-order valence-corrected chi connectivity index (χ3v) is 2.59. The highest BCUT2D eigenvalue weighted by atomic mass is 16.4. The first-order valence-electron chi connectivity index (χ1n) is 5.27. The van der Waals surface area contributed by atoms with Gasteiger partial charge in [-0.2, -0.15) is 0 Å². The molecule has 3 rings (SSSR count). The van der Waals surface area contributed by atoms with Gasteiger partial charge >= 0.3 is 5.97 Å². The summed E-state index contributed by atoms with van der Waals surface area (Å²) in [6.45, 7) is 0. The van der Waals surface area contributed by atoms with Crippen molar-refractivity contribution >= 4 is 16.9 Å². The molecule has 5 nitrogen and oxygen atoms in total. The van der Waals surface area contributed by atoms with E-state index in [1.54, 1.807) is 24.7 Å². The predicted molar refractivity (Wildman–Crippen MR) is 64.2 cm³/mol. The van der Waals surface area contributed by atoms with Crippen LogP contribution in [0.25, 0.3) is 22.2 Å². The topological polar surface area (TPSA) is 76.2 Å². The summed E-state index contributed by atoms with van der Waals surface area (Å²) in [7, 11) is 0. The van der Waals surface area contributed by atoms with Crippen LogP contribution in [0.15, 0.2) is 47.3 Å². The minimum absolute atomic E-state index is 0.0682. The van der Waals surface area contributed by atoms with Crippen molar-refractivity contribution in [3.05, 3.63) is 48.6 Å². The number of aromatic carboxylic acids is 1. The summed E-state index contributed by atoms with van der Waals surface area (Å²) in [6, 6.07) is 6.88. The molecule has 5 heteroatoms. The van der Waals surface area contributed by atoms with Gasteiger partial charge in [-0.25, -0.2) is 4.79 Å². The quantitative estimate of drug-likeness (QED) is 0.745. The summed E-state index contributed by atoms with van der Waals surface area (Å²) in [4.78, 5) is 19.0. The van der Waals surface area contributed by atoms with E-state index in [0.29, 0.717) is 5.58 Å². The third kappa shape index (κ3) is 1.71. The van der Waals surface area contributed by atoms with E-state index in [0.717, 1.165) is 16.6 Å². The monoisotopic (exact) mass is 240 g/mol. The molecule has 0 saturated heterocycles. The number of carbonyl (C=O) groups is 1. The van der Waals surface area contributed by atoms with Crippen LogP contribution >= 0.6 is 0 Å². The second-order valence-electron chi connectivity index (χ2n) is 3.76. The largest absolute Gasteiger partial charge is 0.475 e. The Morgan fingerprint density at radius 3 is 2.83 bits per heavy atom. The molecule has 2 aromatic heterocycles. The van der Waals surface area contributed by atoms with Crippen molar-refractivity contribution in [2.24, 2.45) is 0 Å². The first-order valence-corrected chi connectivity index (χ1v) is 5.27. The maximum absolute atomic E-state index is 10.8. The Labute approximate surface area is 102 Å². The lowest BCUT2D eigenvalue weighted by atomic mass is 10.1. The summed E-state index contributed by atoms with van der Waals surface area (Å²) in [5.41, 5.74) is 2.14. The van der Waals surface area contributed by atoms with E-state index in [2.05, 4.69) is 9.97 Å². The maximum Gasteiger partial charge on any atom is 0.371 e. The number of furan rings is 1. The average Bonchev–Trinajstić information content (AvgIpc) is 2.82. The Kier molecular flexibility index (Phi) is 2.30. The molecule has 1 N–H and O–H groups in total. The number of rotatable bonds is 2. The van der Waals surface area contributed by atoms with Gasteiger partial charge in [0.05, 0.1) is 11.9 Å². The van der Waals surface area contributed by atoms with Gasteiger partial charge in [-0.15, -0.1) is 0 Å². The molecule has 0 aliphatic rings. The van der Waals surface area contributed by atoms with Crippen LogP contribution in [-0.4, -0.2) is 21.0 Å². The molecule has 2 heterocycles. The zero-order chi connectivity index (χ0) is 12.5. The highest BCUT2D eigenvalue weighted by Gasteiger charge is 2.11. The summed E-state index contributed by atoms with van der Waals surface area (Å²) in [6.07, 6.45) is 4.86. The Balaban J connectivity index is 2.14. The molecule has 88 valence electrons. The van der Waals surface area contributed by atoms with E-state index >= 15 is 0 Å². The SMILES string of the molecule is O=C(O)c1cc2cc(-c3cnccn3)ccc2o1. The van der Waals surface area contributed by atoms with Crippen molar-refractivity contribution in [1.82, 2.24) is 9.97 Å². The van der Waals surface area contributed by atoms with Crippen LogP contribution in [0.3, 0.4) is 0 Å². The molecular formula is C13H8N2O3. The van der Waals surface area contributed by atoms with Gasteiger partial charge in [0.25, 0.3) is 0 Å². The molecular weight excluding hydrogens is 232 g/mol. The number of nitrogens with zero attached hydrogens (tertiary/aromatic N) is 2.